The van der Waals surface area contributed by atoms with Crippen molar-refractivity contribution in [3.05, 3.63) is 0 Å². The van der Waals surface area contributed by atoms with Crippen molar-refractivity contribution >= 4 is 12.3 Å². The smallest absolute Gasteiger partial charge is 0.313 e. The Hall–Kier alpha value is -0.940. The Morgan fingerprint density at radius 3 is 2.58 bits per heavy atom. The molecule has 1 atom stereocenters. The lowest BCUT2D eigenvalue weighted by atomic mass is 10.1. The monoisotopic (exact) mass is 273 g/mol. The van der Waals surface area contributed by atoms with E-state index in [-0.39, 0.29) is 12.5 Å². The number of carbonyl (C=O) groups excluding carboxylic acids is 2. The zero-order valence-electron chi connectivity index (χ0n) is 11.9. The van der Waals surface area contributed by atoms with Crippen LogP contribution in [0.3, 0.4) is 0 Å². The van der Waals surface area contributed by atoms with E-state index in [1.807, 2.05) is 0 Å². The van der Waals surface area contributed by atoms with Gasteiger partial charge in [-0.2, -0.15) is 5.26 Å². The Balaban J connectivity index is 3.66. The van der Waals surface area contributed by atoms with Gasteiger partial charge in [-0.15, -0.1) is 0 Å². The molecule has 0 aromatic rings. The number of aldehydes is 1. The molecule has 0 amide bonds. The van der Waals surface area contributed by atoms with Gasteiger partial charge < -0.3 is 15.0 Å². The Morgan fingerprint density at radius 2 is 1.95 bits per heavy atom. The van der Waals surface area contributed by atoms with E-state index in [0.29, 0.717) is 12.8 Å². The summed E-state index contributed by atoms with van der Waals surface area (Å²) >= 11 is 0. The first-order valence-electron chi connectivity index (χ1n) is 7.25. The predicted octanol–water partition coefficient (Wildman–Crippen LogP) is 2.69. The standard InChI is InChI=1S/C14H27NO4/c1-2-3-4-5-6-7-10-15-13(9-8-11-16)12-14(17)19-18/h11,13,15,18H,2-10,12H2,1H3. The highest BCUT2D eigenvalue weighted by Crippen LogP contribution is 2.06. The van der Waals surface area contributed by atoms with Crippen molar-refractivity contribution < 1.29 is 19.7 Å². The van der Waals surface area contributed by atoms with Crippen molar-refractivity contribution in [2.45, 2.75) is 70.8 Å². The summed E-state index contributed by atoms with van der Waals surface area (Å²) in [6, 6.07) is -0.0968. The lowest BCUT2D eigenvalue weighted by molar-refractivity contribution is -0.234. The molecule has 0 aromatic heterocycles. The highest BCUT2D eigenvalue weighted by molar-refractivity contribution is 5.69. The molecule has 0 aromatic carbocycles. The van der Waals surface area contributed by atoms with Gasteiger partial charge in [0.2, 0.25) is 0 Å². The molecule has 5 nitrogen and oxygen atoms in total. The summed E-state index contributed by atoms with van der Waals surface area (Å²) in [5, 5.41) is 11.5. The fraction of sp³-hybridized carbons (Fsp3) is 0.857. The first kappa shape index (κ1) is 18.1. The van der Waals surface area contributed by atoms with Crippen molar-refractivity contribution in [2.75, 3.05) is 6.54 Å². The number of unbranched alkanes of at least 4 members (excludes halogenated alkanes) is 5. The number of nitrogens with one attached hydrogen (secondary N) is 1. The molecule has 0 saturated heterocycles. The minimum Gasteiger partial charge on any atom is -0.313 e. The van der Waals surface area contributed by atoms with E-state index < -0.39 is 5.97 Å². The molecule has 19 heavy (non-hydrogen) atoms. The second-order valence-corrected chi connectivity index (χ2v) is 4.83. The maximum atomic E-state index is 11.0. The predicted molar refractivity (Wildman–Crippen MR) is 73.8 cm³/mol. The lowest BCUT2D eigenvalue weighted by Gasteiger charge is -2.15. The molecule has 0 fully saturated rings. The van der Waals surface area contributed by atoms with E-state index in [1.165, 1.54) is 32.1 Å². The van der Waals surface area contributed by atoms with Gasteiger partial charge in [-0.05, 0) is 19.4 Å². The summed E-state index contributed by atoms with van der Waals surface area (Å²) < 4.78 is 0. The third-order valence-corrected chi connectivity index (χ3v) is 3.11. The van der Waals surface area contributed by atoms with Crippen molar-refractivity contribution in [1.29, 1.82) is 0 Å². The first-order chi connectivity index (χ1) is 9.24. The number of hydrogen-bond acceptors (Lipinski definition) is 5. The number of rotatable bonds is 13. The summed E-state index contributed by atoms with van der Waals surface area (Å²) in [7, 11) is 0. The molecule has 0 aliphatic heterocycles. The van der Waals surface area contributed by atoms with Crippen LogP contribution in [0.15, 0.2) is 0 Å². The molecule has 0 aliphatic carbocycles. The fourth-order valence-electron chi connectivity index (χ4n) is 2.00. The van der Waals surface area contributed by atoms with Crippen molar-refractivity contribution in [2.24, 2.45) is 0 Å². The van der Waals surface area contributed by atoms with Crippen LogP contribution in [0.1, 0.15) is 64.7 Å². The summed E-state index contributed by atoms with van der Waals surface area (Å²) in [6.45, 7) is 3.02. The summed E-state index contributed by atoms with van der Waals surface area (Å²) in [5.74, 6) is -0.661. The zero-order valence-corrected chi connectivity index (χ0v) is 11.9. The van der Waals surface area contributed by atoms with Gasteiger partial charge >= 0.3 is 5.97 Å². The highest BCUT2D eigenvalue weighted by atomic mass is 17.1. The van der Waals surface area contributed by atoms with E-state index in [4.69, 9.17) is 5.26 Å². The largest absolute Gasteiger partial charge is 0.343 e. The molecule has 1 unspecified atom stereocenters. The van der Waals surface area contributed by atoms with Crippen LogP contribution in [-0.4, -0.2) is 30.1 Å². The van der Waals surface area contributed by atoms with Crippen molar-refractivity contribution in [3.8, 4) is 0 Å². The molecule has 0 aliphatic rings. The van der Waals surface area contributed by atoms with E-state index in [9.17, 15) is 9.59 Å². The zero-order chi connectivity index (χ0) is 14.3. The van der Waals surface area contributed by atoms with Crippen LogP contribution in [0, 0.1) is 0 Å². The van der Waals surface area contributed by atoms with Crippen LogP contribution in [-0.2, 0) is 14.5 Å². The molecule has 0 radical (unpaired) electrons. The van der Waals surface area contributed by atoms with Crippen LogP contribution >= 0.6 is 0 Å². The molecular formula is C14H27NO4. The van der Waals surface area contributed by atoms with Gasteiger partial charge in [-0.3, -0.25) is 0 Å². The maximum absolute atomic E-state index is 11.0. The lowest BCUT2D eigenvalue weighted by Crippen LogP contribution is -2.32. The molecule has 0 heterocycles. The molecule has 112 valence electrons. The second kappa shape index (κ2) is 13.5. The fourth-order valence-corrected chi connectivity index (χ4v) is 2.00. The molecular weight excluding hydrogens is 246 g/mol. The third-order valence-electron chi connectivity index (χ3n) is 3.11. The van der Waals surface area contributed by atoms with Crippen molar-refractivity contribution in [1.82, 2.24) is 5.32 Å². The molecule has 0 rings (SSSR count). The van der Waals surface area contributed by atoms with Crippen LogP contribution in [0.2, 0.25) is 0 Å². The number of carbonyl (C=O) groups is 2. The minimum absolute atomic E-state index is 0.0968. The van der Waals surface area contributed by atoms with Gasteiger partial charge in [-0.1, -0.05) is 39.0 Å². The summed E-state index contributed by atoms with van der Waals surface area (Å²) in [6.07, 6.45) is 9.24. The summed E-state index contributed by atoms with van der Waals surface area (Å²) in [5.41, 5.74) is 0. The average molecular weight is 273 g/mol. The topological polar surface area (TPSA) is 75.6 Å². The van der Waals surface area contributed by atoms with E-state index in [0.717, 1.165) is 19.3 Å². The highest BCUT2D eigenvalue weighted by Gasteiger charge is 2.14. The van der Waals surface area contributed by atoms with Crippen LogP contribution in [0.4, 0.5) is 0 Å². The van der Waals surface area contributed by atoms with Crippen LogP contribution in [0.25, 0.3) is 0 Å². The molecule has 2 N–H and O–H groups in total. The molecule has 5 heteroatoms. The van der Waals surface area contributed by atoms with Crippen LogP contribution < -0.4 is 5.32 Å². The third kappa shape index (κ3) is 11.9. The number of hydrogen-bond donors (Lipinski definition) is 2. The average Bonchev–Trinajstić information content (AvgIpc) is 2.43. The SMILES string of the molecule is CCCCCCCCNC(CCC=O)CC(=O)OO. The Morgan fingerprint density at radius 1 is 1.26 bits per heavy atom. The van der Waals surface area contributed by atoms with Crippen molar-refractivity contribution in [3.63, 3.8) is 0 Å². The van der Waals surface area contributed by atoms with E-state index in [1.54, 1.807) is 0 Å². The van der Waals surface area contributed by atoms with Crippen LogP contribution in [0.5, 0.6) is 0 Å². The van der Waals surface area contributed by atoms with E-state index >= 15 is 0 Å². The van der Waals surface area contributed by atoms with Gasteiger partial charge in [0.15, 0.2) is 0 Å². The molecule has 0 spiro atoms. The van der Waals surface area contributed by atoms with E-state index in [2.05, 4.69) is 17.1 Å². The van der Waals surface area contributed by atoms with Gasteiger partial charge in [0.1, 0.15) is 6.29 Å². The second-order valence-electron chi connectivity index (χ2n) is 4.83. The maximum Gasteiger partial charge on any atom is 0.343 e. The van der Waals surface area contributed by atoms with Gasteiger partial charge in [0.25, 0.3) is 0 Å². The Bertz CT molecular complexity index is 233. The Labute approximate surface area is 115 Å². The van der Waals surface area contributed by atoms with Gasteiger partial charge in [0.05, 0.1) is 6.42 Å². The van der Waals surface area contributed by atoms with Gasteiger partial charge in [0, 0.05) is 12.5 Å². The van der Waals surface area contributed by atoms with Gasteiger partial charge in [-0.25, -0.2) is 4.79 Å². The molecule has 0 saturated carbocycles. The minimum atomic E-state index is -0.661. The Kier molecular flexibility index (Phi) is 12.8. The molecule has 0 bridgehead atoms. The normalized spacial score (nSPS) is 12.1. The first-order valence-corrected chi connectivity index (χ1v) is 7.25. The quantitative estimate of drug-likeness (QED) is 0.233. The summed E-state index contributed by atoms with van der Waals surface area (Å²) in [4.78, 5) is 25.0.